The van der Waals surface area contributed by atoms with Gasteiger partial charge in [0.15, 0.2) is 5.65 Å². The lowest BCUT2D eigenvalue weighted by Crippen LogP contribution is -2.30. The third-order valence-corrected chi connectivity index (χ3v) is 4.82. The Kier molecular flexibility index (Phi) is 5.62. The maximum absolute atomic E-state index is 14.2. The van der Waals surface area contributed by atoms with Crippen molar-refractivity contribution in [1.29, 1.82) is 0 Å². The smallest absolute Gasteiger partial charge is 0.274 e. The van der Waals surface area contributed by atoms with Gasteiger partial charge in [-0.15, -0.1) is 0 Å². The summed E-state index contributed by atoms with van der Waals surface area (Å²) < 4.78 is 33.6. The van der Waals surface area contributed by atoms with E-state index in [0.29, 0.717) is 31.5 Å². The molecule has 7 nitrogen and oxygen atoms in total. The molecule has 1 aliphatic heterocycles. The van der Waals surface area contributed by atoms with Gasteiger partial charge in [-0.05, 0) is 36.8 Å². The van der Waals surface area contributed by atoms with Crippen LogP contribution in [0.5, 0.6) is 0 Å². The van der Waals surface area contributed by atoms with Gasteiger partial charge in [-0.2, -0.15) is 0 Å². The monoisotopic (exact) mass is 412 g/mol. The van der Waals surface area contributed by atoms with Gasteiger partial charge < -0.3 is 15.4 Å². The van der Waals surface area contributed by atoms with Crippen LogP contribution in [-0.4, -0.2) is 41.5 Å². The van der Waals surface area contributed by atoms with Gasteiger partial charge in [0.1, 0.15) is 17.3 Å². The lowest BCUT2D eigenvalue weighted by Gasteiger charge is -2.12. The molecule has 30 heavy (non-hydrogen) atoms. The Balaban J connectivity index is 1.51. The molecule has 4 rings (SSSR count). The average molecular weight is 412 g/mol. The zero-order chi connectivity index (χ0) is 21.1. The van der Waals surface area contributed by atoms with Crippen molar-refractivity contribution in [1.82, 2.24) is 15.3 Å². The first kappa shape index (κ1) is 19.8. The minimum Gasteiger partial charge on any atom is -0.381 e. The predicted molar refractivity (Wildman–Crippen MR) is 105 cm³/mol. The van der Waals surface area contributed by atoms with Crippen molar-refractivity contribution in [3.8, 4) is 0 Å². The van der Waals surface area contributed by atoms with Crippen molar-refractivity contribution in [3.05, 3.63) is 65.5 Å². The third-order valence-electron chi connectivity index (χ3n) is 4.82. The molecule has 0 spiro atoms. The van der Waals surface area contributed by atoms with Crippen LogP contribution in [0.3, 0.4) is 0 Å². The number of hydrogen-bond acceptors (Lipinski definition) is 5. The van der Waals surface area contributed by atoms with Gasteiger partial charge in [-0.25, -0.2) is 18.7 Å². The highest BCUT2D eigenvalue weighted by molar-refractivity contribution is 6.05. The number of fused-ring (bicyclic) bond motifs is 1. The van der Waals surface area contributed by atoms with Gasteiger partial charge in [0.2, 0.25) is 0 Å². The van der Waals surface area contributed by atoms with Crippen molar-refractivity contribution in [2.24, 2.45) is 5.92 Å². The molecule has 154 valence electrons. The molecule has 1 saturated heterocycles. The summed E-state index contributed by atoms with van der Waals surface area (Å²) in [6.07, 6.45) is 2.35. The van der Waals surface area contributed by atoms with Crippen molar-refractivity contribution >= 4 is 28.5 Å². The van der Waals surface area contributed by atoms with E-state index in [0.717, 1.165) is 17.9 Å². The van der Waals surface area contributed by atoms with E-state index in [1.807, 2.05) is 0 Å². The van der Waals surface area contributed by atoms with Crippen LogP contribution in [0.25, 0.3) is 11.0 Å². The summed E-state index contributed by atoms with van der Waals surface area (Å²) >= 11 is 0. The number of nitrogens with one attached hydrogen (secondary N) is 2. The Bertz CT molecular complexity index is 1120. The summed E-state index contributed by atoms with van der Waals surface area (Å²) in [4.78, 5) is 33.1. The number of aromatic nitrogens is 2. The molecule has 0 aliphatic carbocycles. The van der Waals surface area contributed by atoms with Gasteiger partial charge in [-0.3, -0.25) is 9.59 Å². The topological polar surface area (TPSA) is 93.2 Å². The summed E-state index contributed by atoms with van der Waals surface area (Å²) in [7, 11) is 0. The number of benzene rings is 1. The van der Waals surface area contributed by atoms with Gasteiger partial charge in [0.25, 0.3) is 11.8 Å². The Morgan fingerprint density at radius 2 is 2.00 bits per heavy atom. The fraction of sp³-hybridized carbons (Fsp3) is 0.238. The van der Waals surface area contributed by atoms with Gasteiger partial charge >= 0.3 is 0 Å². The molecule has 0 bridgehead atoms. The minimum atomic E-state index is -1.02. The van der Waals surface area contributed by atoms with Crippen LogP contribution < -0.4 is 10.6 Å². The highest BCUT2D eigenvalue weighted by Gasteiger charge is 2.21. The lowest BCUT2D eigenvalue weighted by molar-refractivity contribution is 0.0939. The van der Waals surface area contributed by atoms with Crippen molar-refractivity contribution in [2.75, 3.05) is 25.1 Å². The molecule has 2 amide bonds. The Labute approximate surface area is 170 Å². The van der Waals surface area contributed by atoms with E-state index in [4.69, 9.17) is 4.74 Å². The molecule has 3 heterocycles. The molecule has 2 N–H and O–H groups in total. The largest absolute Gasteiger partial charge is 0.381 e. The van der Waals surface area contributed by atoms with Crippen molar-refractivity contribution in [2.45, 2.75) is 6.42 Å². The number of pyridine rings is 2. The number of anilines is 1. The number of carbonyl (C=O) groups is 2. The summed E-state index contributed by atoms with van der Waals surface area (Å²) in [5.74, 6) is -3.26. The molecular formula is C21H18F2N4O3. The van der Waals surface area contributed by atoms with E-state index in [1.54, 1.807) is 24.4 Å². The van der Waals surface area contributed by atoms with Crippen LogP contribution in [0, 0.1) is 17.6 Å². The third kappa shape index (κ3) is 4.25. The maximum Gasteiger partial charge on any atom is 0.274 e. The van der Waals surface area contributed by atoms with E-state index < -0.39 is 23.4 Å². The first-order valence-electron chi connectivity index (χ1n) is 9.39. The Morgan fingerprint density at radius 3 is 2.80 bits per heavy atom. The van der Waals surface area contributed by atoms with E-state index in [2.05, 4.69) is 20.6 Å². The maximum atomic E-state index is 14.2. The Morgan fingerprint density at radius 1 is 1.13 bits per heavy atom. The summed E-state index contributed by atoms with van der Waals surface area (Å²) in [6.45, 7) is 1.48. The SMILES string of the molecule is O=C(Nc1cc(C(=O)NCC2CCOC2)c(F)cc1F)c1ccc2cccnc2n1. The second kappa shape index (κ2) is 8.50. The number of nitrogens with zero attached hydrogens (tertiary/aromatic N) is 2. The molecule has 0 saturated carbocycles. The highest BCUT2D eigenvalue weighted by atomic mass is 19.1. The molecule has 2 aromatic heterocycles. The minimum absolute atomic E-state index is 0.0113. The van der Waals surface area contributed by atoms with Crippen LogP contribution in [-0.2, 0) is 4.74 Å². The van der Waals surface area contributed by atoms with Crippen molar-refractivity contribution < 1.29 is 23.1 Å². The zero-order valence-corrected chi connectivity index (χ0v) is 15.8. The Hall–Kier alpha value is -3.46. The number of carbonyl (C=O) groups excluding carboxylic acids is 2. The lowest BCUT2D eigenvalue weighted by atomic mass is 10.1. The first-order valence-corrected chi connectivity index (χ1v) is 9.39. The molecule has 1 atom stereocenters. The van der Waals surface area contributed by atoms with Gasteiger partial charge in [-0.1, -0.05) is 0 Å². The first-order chi connectivity index (χ1) is 14.5. The van der Waals surface area contributed by atoms with E-state index in [1.165, 1.54) is 6.07 Å². The predicted octanol–water partition coefficient (Wildman–Crippen LogP) is 2.93. The molecule has 1 aliphatic rings. The van der Waals surface area contributed by atoms with Gasteiger partial charge in [0, 0.05) is 36.7 Å². The molecular weight excluding hydrogens is 394 g/mol. The molecule has 9 heteroatoms. The van der Waals surface area contributed by atoms with Crippen LogP contribution in [0.15, 0.2) is 42.6 Å². The quantitative estimate of drug-likeness (QED) is 0.672. The average Bonchev–Trinajstić information content (AvgIpc) is 3.27. The second-order valence-electron chi connectivity index (χ2n) is 6.95. The molecule has 1 fully saturated rings. The number of rotatable bonds is 5. The zero-order valence-electron chi connectivity index (χ0n) is 15.8. The van der Waals surface area contributed by atoms with Gasteiger partial charge in [0.05, 0.1) is 17.9 Å². The van der Waals surface area contributed by atoms with E-state index >= 15 is 0 Å². The number of hydrogen-bond donors (Lipinski definition) is 2. The van der Waals surface area contributed by atoms with Crippen LogP contribution >= 0.6 is 0 Å². The summed E-state index contributed by atoms with van der Waals surface area (Å²) in [6, 6.07) is 8.21. The molecule has 1 unspecified atom stereocenters. The van der Waals surface area contributed by atoms with Crippen LogP contribution in [0.1, 0.15) is 27.3 Å². The molecule has 0 radical (unpaired) electrons. The number of amides is 2. The summed E-state index contributed by atoms with van der Waals surface area (Å²) in [5.41, 5.74) is -0.310. The fourth-order valence-electron chi connectivity index (χ4n) is 3.16. The second-order valence-corrected chi connectivity index (χ2v) is 6.95. The fourth-order valence-corrected chi connectivity index (χ4v) is 3.16. The summed E-state index contributed by atoms with van der Waals surface area (Å²) in [5, 5.41) is 5.70. The number of ether oxygens (including phenoxy) is 1. The molecule has 3 aromatic rings. The molecule has 1 aromatic carbocycles. The van der Waals surface area contributed by atoms with Crippen LogP contribution in [0.4, 0.5) is 14.5 Å². The van der Waals surface area contributed by atoms with E-state index in [9.17, 15) is 18.4 Å². The standard InChI is InChI=1S/C21H18F2N4O3/c22-15-9-16(23)18(8-14(15)20(28)25-10-12-5-7-30-11-12)27-21(29)17-4-3-13-2-1-6-24-19(13)26-17/h1-4,6,8-9,12H,5,7,10-11H2,(H,25,28)(H,27,29). The van der Waals surface area contributed by atoms with Crippen molar-refractivity contribution in [3.63, 3.8) is 0 Å². The van der Waals surface area contributed by atoms with Crippen LogP contribution in [0.2, 0.25) is 0 Å². The number of halogens is 2. The highest BCUT2D eigenvalue weighted by Crippen LogP contribution is 2.21. The normalized spacial score (nSPS) is 15.9. The van der Waals surface area contributed by atoms with E-state index in [-0.39, 0.29) is 22.9 Å².